The van der Waals surface area contributed by atoms with Gasteiger partial charge < -0.3 is 9.64 Å². The van der Waals surface area contributed by atoms with Crippen molar-refractivity contribution < 1.29 is 4.74 Å². The van der Waals surface area contributed by atoms with Crippen molar-refractivity contribution in [3.05, 3.63) is 89.5 Å². The van der Waals surface area contributed by atoms with Crippen LogP contribution in [0.3, 0.4) is 0 Å². The lowest BCUT2D eigenvalue weighted by atomic mass is 10.2. The summed E-state index contributed by atoms with van der Waals surface area (Å²) in [5.41, 5.74) is 3.37. The van der Waals surface area contributed by atoms with Gasteiger partial charge in [0.05, 0.1) is 25.5 Å². The molecule has 1 aliphatic heterocycles. The highest BCUT2D eigenvalue weighted by Gasteiger charge is 2.21. The maximum Gasteiger partial charge on any atom is 0.199 e. The summed E-state index contributed by atoms with van der Waals surface area (Å²) in [7, 11) is 0. The van der Waals surface area contributed by atoms with Crippen molar-refractivity contribution in [2.24, 2.45) is 0 Å². The Balaban J connectivity index is 1.34. The molecule has 3 heterocycles. The Morgan fingerprint density at radius 3 is 2.34 bits per heavy atom. The molecule has 0 aliphatic carbocycles. The molecule has 180 valence electrons. The van der Waals surface area contributed by atoms with Gasteiger partial charge in [0.25, 0.3) is 0 Å². The molecule has 35 heavy (non-hydrogen) atoms. The molecule has 0 unspecified atom stereocenters. The van der Waals surface area contributed by atoms with Gasteiger partial charge in [0.2, 0.25) is 0 Å². The standard InChI is InChI=1S/C27H30N6OS/c1-2-34-25-11-7-6-10-24(25)31-18-16-30(17-19-31)21-33-27(35)32(20-22-8-4-3-5-9-22)26(29-33)23-12-14-28-15-13-23/h3-15H,2,16-21H2,1H3. The molecule has 1 aliphatic rings. The van der Waals surface area contributed by atoms with E-state index in [2.05, 4.69) is 55.7 Å². The highest BCUT2D eigenvalue weighted by molar-refractivity contribution is 7.71. The Kier molecular flexibility index (Phi) is 7.20. The molecular formula is C27H30N6OS. The number of hydrogen-bond donors (Lipinski definition) is 0. The van der Waals surface area contributed by atoms with Crippen LogP contribution in [0.2, 0.25) is 0 Å². The summed E-state index contributed by atoms with van der Waals surface area (Å²) in [4.78, 5) is 8.97. The monoisotopic (exact) mass is 486 g/mol. The van der Waals surface area contributed by atoms with Crippen molar-refractivity contribution in [2.75, 3.05) is 37.7 Å². The minimum atomic E-state index is 0.666. The number of aromatic nitrogens is 4. The van der Waals surface area contributed by atoms with E-state index >= 15 is 0 Å². The van der Waals surface area contributed by atoms with Gasteiger partial charge in [0, 0.05) is 44.1 Å². The fourth-order valence-electron chi connectivity index (χ4n) is 4.47. The van der Waals surface area contributed by atoms with Gasteiger partial charge in [0.15, 0.2) is 10.6 Å². The lowest BCUT2D eigenvalue weighted by Crippen LogP contribution is -2.47. The fraction of sp³-hybridized carbons (Fsp3) is 0.296. The number of para-hydroxylation sites is 2. The van der Waals surface area contributed by atoms with Gasteiger partial charge in [-0.05, 0) is 49.0 Å². The predicted molar refractivity (Wildman–Crippen MR) is 141 cm³/mol. The van der Waals surface area contributed by atoms with Crippen LogP contribution in [0, 0.1) is 4.77 Å². The van der Waals surface area contributed by atoms with E-state index in [0.717, 1.165) is 53.8 Å². The van der Waals surface area contributed by atoms with Crippen LogP contribution in [-0.4, -0.2) is 57.0 Å². The SMILES string of the molecule is CCOc1ccccc1N1CCN(Cn2nc(-c3ccncc3)n(Cc3ccccc3)c2=S)CC1. The summed E-state index contributed by atoms with van der Waals surface area (Å²) in [5.74, 6) is 1.82. The zero-order valence-electron chi connectivity index (χ0n) is 20.0. The van der Waals surface area contributed by atoms with Crippen LogP contribution in [0.1, 0.15) is 12.5 Å². The molecule has 2 aromatic carbocycles. The molecule has 0 radical (unpaired) electrons. The van der Waals surface area contributed by atoms with Crippen LogP contribution >= 0.6 is 12.2 Å². The van der Waals surface area contributed by atoms with E-state index in [0.29, 0.717) is 19.8 Å². The van der Waals surface area contributed by atoms with E-state index in [4.69, 9.17) is 22.1 Å². The van der Waals surface area contributed by atoms with E-state index in [1.54, 1.807) is 12.4 Å². The molecule has 0 atom stereocenters. The van der Waals surface area contributed by atoms with Crippen LogP contribution in [0.15, 0.2) is 79.1 Å². The van der Waals surface area contributed by atoms with Crippen molar-refractivity contribution >= 4 is 17.9 Å². The quantitative estimate of drug-likeness (QED) is 0.337. The molecule has 0 bridgehead atoms. The summed E-state index contributed by atoms with van der Waals surface area (Å²) >= 11 is 5.92. The van der Waals surface area contributed by atoms with Crippen LogP contribution < -0.4 is 9.64 Å². The second kappa shape index (κ2) is 10.8. The number of pyridine rings is 1. The molecule has 8 heteroatoms. The van der Waals surface area contributed by atoms with E-state index in [-0.39, 0.29) is 0 Å². The largest absolute Gasteiger partial charge is 0.492 e. The van der Waals surface area contributed by atoms with E-state index < -0.39 is 0 Å². The van der Waals surface area contributed by atoms with Crippen molar-refractivity contribution in [3.8, 4) is 17.1 Å². The van der Waals surface area contributed by atoms with Crippen LogP contribution in [0.4, 0.5) is 5.69 Å². The first-order valence-corrected chi connectivity index (χ1v) is 12.4. The molecule has 0 saturated carbocycles. The number of benzene rings is 2. The molecule has 0 amide bonds. The average molecular weight is 487 g/mol. The summed E-state index contributed by atoms with van der Waals surface area (Å²) < 4.78 is 10.6. The lowest BCUT2D eigenvalue weighted by molar-refractivity contribution is 0.193. The van der Waals surface area contributed by atoms with Crippen LogP contribution in [0.5, 0.6) is 5.75 Å². The Morgan fingerprint density at radius 1 is 0.886 bits per heavy atom. The van der Waals surface area contributed by atoms with E-state index in [1.165, 1.54) is 5.56 Å². The molecule has 4 aromatic rings. The molecule has 2 aromatic heterocycles. The van der Waals surface area contributed by atoms with Gasteiger partial charge in [-0.3, -0.25) is 14.5 Å². The van der Waals surface area contributed by atoms with Gasteiger partial charge in [-0.2, -0.15) is 5.10 Å². The summed E-state index contributed by atoms with van der Waals surface area (Å²) in [5, 5.41) is 4.96. The van der Waals surface area contributed by atoms with Crippen LogP contribution in [-0.2, 0) is 13.2 Å². The Morgan fingerprint density at radius 2 is 1.60 bits per heavy atom. The number of piperazine rings is 1. The first-order chi connectivity index (χ1) is 17.2. The highest BCUT2D eigenvalue weighted by atomic mass is 32.1. The van der Waals surface area contributed by atoms with Gasteiger partial charge >= 0.3 is 0 Å². The summed E-state index contributed by atoms with van der Waals surface area (Å²) in [6, 6.07) is 22.6. The van der Waals surface area contributed by atoms with Crippen molar-refractivity contribution in [2.45, 2.75) is 20.1 Å². The molecule has 5 rings (SSSR count). The second-order valence-corrected chi connectivity index (χ2v) is 8.93. The van der Waals surface area contributed by atoms with Crippen molar-refractivity contribution in [3.63, 3.8) is 0 Å². The first kappa shape index (κ1) is 23.3. The minimum Gasteiger partial charge on any atom is -0.492 e. The highest BCUT2D eigenvalue weighted by Crippen LogP contribution is 2.29. The fourth-order valence-corrected chi connectivity index (χ4v) is 4.72. The molecule has 1 fully saturated rings. The third-order valence-corrected chi connectivity index (χ3v) is 6.69. The smallest absolute Gasteiger partial charge is 0.199 e. The molecular weight excluding hydrogens is 456 g/mol. The molecule has 0 N–H and O–H groups in total. The minimum absolute atomic E-state index is 0.666. The maximum absolute atomic E-state index is 5.92. The Hall–Kier alpha value is -3.49. The maximum atomic E-state index is 5.92. The topological polar surface area (TPSA) is 51.4 Å². The summed E-state index contributed by atoms with van der Waals surface area (Å²) in [6.07, 6.45) is 3.59. The number of anilines is 1. The number of nitrogens with zero attached hydrogens (tertiary/aromatic N) is 6. The van der Waals surface area contributed by atoms with E-state index in [1.807, 2.05) is 41.9 Å². The first-order valence-electron chi connectivity index (χ1n) is 12.0. The summed E-state index contributed by atoms with van der Waals surface area (Å²) in [6.45, 7) is 7.75. The van der Waals surface area contributed by atoms with Gasteiger partial charge in [-0.15, -0.1) is 0 Å². The molecule has 0 spiro atoms. The van der Waals surface area contributed by atoms with Gasteiger partial charge in [0.1, 0.15) is 5.75 Å². The molecule has 1 saturated heterocycles. The van der Waals surface area contributed by atoms with Gasteiger partial charge in [-0.1, -0.05) is 42.5 Å². The van der Waals surface area contributed by atoms with Gasteiger partial charge in [-0.25, -0.2) is 4.68 Å². The molecule has 7 nitrogen and oxygen atoms in total. The van der Waals surface area contributed by atoms with Crippen molar-refractivity contribution in [1.82, 2.24) is 24.2 Å². The predicted octanol–water partition coefficient (Wildman–Crippen LogP) is 4.70. The Labute approximate surface area is 211 Å². The lowest BCUT2D eigenvalue weighted by Gasteiger charge is -2.36. The third-order valence-electron chi connectivity index (χ3n) is 6.26. The average Bonchev–Trinajstić information content (AvgIpc) is 3.21. The second-order valence-electron chi connectivity index (χ2n) is 8.56. The number of ether oxygens (including phenoxy) is 1. The Bertz CT molecular complexity index is 1300. The zero-order chi connectivity index (χ0) is 24.0. The normalized spacial score (nSPS) is 14.3. The van der Waals surface area contributed by atoms with Crippen LogP contribution in [0.25, 0.3) is 11.4 Å². The third kappa shape index (κ3) is 5.28. The zero-order valence-corrected chi connectivity index (χ0v) is 20.8. The number of hydrogen-bond acceptors (Lipinski definition) is 6. The van der Waals surface area contributed by atoms with Crippen molar-refractivity contribution in [1.29, 1.82) is 0 Å². The van der Waals surface area contributed by atoms with E-state index in [9.17, 15) is 0 Å². The number of rotatable bonds is 8.